The van der Waals surface area contributed by atoms with Gasteiger partial charge in [0, 0.05) is 18.8 Å². The van der Waals surface area contributed by atoms with Crippen LogP contribution >= 0.6 is 0 Å². The molecule has 1 aromatic heterocycles. The Morgan fingerprint density at radius 3 is 2.42 bits per heavy atom. The van der Waals surface area contributed by atoms with Crippen LogP contribution in [0.15, 0.2) is 30.3 Å². The predicted molar refractivity (Wildman–Crippen MR) is 67.8 cm³/mol. The summed E-state index contributed by atoms with van der Waals surface area (Å²) in [5.41, 5.74) is 6.43. The molecule has 1 aromatic carbocycles. The third-order valence-corrected chi connectivity index (χ3v) is 2.64. The van der Waals surface area contributed by atoms with Gasteiger partial charge in [-0.1, -0.05) is 0 Å². The lowest BCUT2D eigenvalue weighted by atomic mass is 10.2. The van der Waals surface area contributed by atoms with Crippen molar-refractivity contribution in [2.45, 2.75) is 0 Å². The minimum atomic E-state index is -0.894. The Morgan fingerprint density at radius 1 is 1.21 bits per heavy atom. The number of nitrogens with zero attached hydrogens (tertiary/aromatic N) is 3. The lowest BCUT2D eigenvalue weighted by Gasteiger charge is -2.19. The highest BCUT2D eigenvalue weighted by molar-refractivity contribution is 5.62. The van der Waals surface area contributed by atoms with Gasteiger partial charge in [-0.15, -0.1) is 0 Å². The van der Waals surface area contributed by atoms with Crippen molar-refractivity contribution in [2.75, 3.05) is 17.7 Å². The van der Waals surface area contributed by atoms with Gasteiger partial charge in [0.15, 0.2) is 23.3 Å². The first-order chi connectivity index (χ1) is 9.02. The minimum absolute atomic E-state index is 0.0800. The van der Waals surface area contributed by atoms with Crippen molar-refractivity contribution in [3.63, 3.8) is 0 Å². The monoisotopic (exact) mass is 260 g/mol. The Kier molecular flexibility index (Phi) is 3.29. The Morgan fingerprint density at radius 2 is 1.84 bits per heavy atom. The van der Waals surface area contributed by atoms with Crippen LogP contribution in [0.25, 0.3) is 0 Å². The van der Waals surface area contributed by atoms with E-state index >= 15 is 0 Å². The van der Waals surface area contributed by atoms with Gasteiger partial charge in [0.05, 0.1) is 11.6 Å². The second-order valence-corrected chi connectivity index (χ2v) is 3.88. The van der Waals surface area contributed by atoms with E-state index in [0.29, 0.717) is 17.3 Å². The number of rotatable bonds is 2. The van der Waals surface area contributed by atoms with Crippen molar-refractivity contribution in [3.05, 3.63) is 47.5 Å². The smallest absolute Gasteiger partial charge is 0.171 e. The summed E-state index contributed by atoms with van der Waals surface area (Å²) in [6.45, 7) is 0. The van der Waals surface area contributed by atoms with Gasteiger partial charge in [-0.05, 0) is 24.3 Å². The Hall–Kier alpha value is -2.68. The molecule has 0 unspecified atom stereocenters. The summed E-state index contributed by atoms with van der Waals surface area (Å²) in [5.74, 6) is -2.14. The van der Waals surface area contributed by atoms with Crippen LogP contribution in [0.4, 0.5) is 26.1 Å². The van der Waals surface area contributed by atoms with E-state index in [1.165, 1.54) is 4.90 Å². The Labute approximate surface area is 108 Å². The molecule has 0 spiro atoms. The highest BCUT2D eigenvalue weighted by Gasteiger charge is 2.14. The van der Waals surface area contributed by atoms with Crippen LogP contribution in [0.5, 0.6) is 0 Å². The Balaban J connectivity index is 2.41. The predicted octanol–water partition coefficient (Wildman–Crippen LogP) is 2.58. The molecule has 0 aliphatic heterocycles. The molecule has 2 aromatic rings. The highest BCUT2D eigenvalue weighted by Crippen LogP contribution is 2.26. The van der Waals surface area contributed by atoms with E-state index in [2.05, 4.69) is 4.98 Å². The van der Waals surface area contributed by atoms with Crippen molar-refractivity contribution < 1.29 is 8.78 Å². The van der Waals surface area contributed by atoms with Crippen LogP contribution < -0.4 is 10.6 Å². The number of aromatic nitrogens is 1. The molecular weight excluding hydrogens is 250 g/mol. The molecule has 0 amide bonds. The molecule has 0 aliphatic carbocycles. The van der Waals surface area contributed by atoms with E-state index in [1.54, 1.807) is 31.3 Å². The second kappa shape index (κ2) is 4.90. The number of anilines is 3. The maximum absolute atomic E-state index is 13.7. The minimum Gasteiger partial charge on any atom is -0.381 e. The van der Waals surface area contributed by atoms with Gasteiger partial charge < -0.3 is 10.6 Å². The number of benzene rings is 1. The second-order valence-electron chi connectivity index (χ2n) is 3.88. The van der Waals surface area contributed by atoms with Gasteiger partial charge in [-0.25, -0.2) is 13.8 Å². The fraction of sp³-hybridized carbons (Fsp3) is 0.0769. The molecular formula is C13H10F2N4. The molecule has 4 nitrogen and oxygen atoms in total. The molecule has 0 radical (unpaired) electrons. The van der Waals surface area contributed by atoms with Crippen molar-refractivity contribution in [1.29, 1.82) is 5.26 Å². The number of pyridine rings is 1. The van der Waals surface area contributed by atoms with Crippen LogP contribution in [0, 0.1) is 23.0 Å². The van der Waals surface area contributed by atoms with E-state index < -0.39 is 11.6 Å². The molecule has 0 atom stereocenters. The fourth-order valence-corrected chi connectivity index (χ4v) is 1.59. The third kappa shape index (κ3) is 2.45. The van der Waals surface area contributed by atoms with Crippen LogP contribution in [0.2, 0.25) is 0 Å². The normalized spacial score (nSPS) is 10.0. The molecule has 96 valence electrons. The maximum Gasteiger partial charge on any atom is 0.171 e. The summed E-state index contributed by atoms with van der Waals surface area (Å²) in [4.78, 5) is 5.10. The number of nitrogens with two attached hydrogens (primary N) is 1. The zero-order valence-electron chi connectivity index (χ0n) is 10.1. The zero-order valence-corrected chi connectivity index (χ0v) is 10.1. The van der Waals surface area contributed by atoms with Gasteiger partial charge in [0.2, 0.25) is 0 Å². The van der Waals surface area contributed by atoms with Crippen LogP contribution in [-0.2, 0) is 0 Å². The summed E-state index contributed by atoms with van der Waals surface area (Å²) >= 11 is 0. The molecule has 19 heavy (non-hydrogen) atoms. The molecule has 1 heterocycles. The first-order valence-electron chi connectivity index (χ1n) is 5.38. The Bertz CT molecular complexity index is 647. The van der Waals surface area contributed by atoms with E-state index in [9.17, 15) is 8.78 Å². The first kappa shape index (κ1) is 12.8. The molecule has 0 saturated carbocycles. The van der Waals surface area contributed by atoms with Crippen LogP contribution in [0.1, 0.15) is 5.56 Å². The number of hydrogen-bond donors (Lipinski definition) is 1. The first-order valence-corrected chi connectivity index (χ1v) is 5.38. The van der Waals surface area contributed by atoms with Gasteiger partial charge >= 0.3 is 0 Å². The number of nitrogen functional groups attached to an aromatic ring is 1. The summed E-state index contributed by atoms with van der Waals surface area (Å²) in [6, 6.07) is 9.14. The van der Waals surface area contributed by atoms with Crippen LogP contribution in [0.3, 0.4) is 0 Å². The summed E-state index contributed by atoms with van der Waals surface area (Å²) in [7, 11) is 1.57. The maximum atomic E-state index is 13.7. The summed E-state index contributed by atoms with van der Waals surface area (Å²) in [6.07, 6.45) is 0. The molecule has 0 aliphatic rings. The average Bonchev–Trinajstić information content (AvgIpc) is 2.42. The standard InChI is InChI=1S/C13H10F2N4/c1-19(9-4-2-8(7-16)3-5-9)13-11(15)6-10(14)12(17)18-13/h2-6H,1H3,(H2,17,18). The molecule has 6 heteroatoms. The SMILES string of the molecule is CN(c1ccc(C#N)cc1)c1nc(N)c(F)cc1F. The van der Waals surface area contributed by atoms with E-state index in [1.807, 2.05) is 6.07 Å². The molecule has 2 rings (SSSR count). The number of nitriles is 1. The highest BCUT2D eigenvalue weighted by atomic mass is 19.1. The summed E-state index contributed by atoms with van der Waals surface area (Å²) < 4.78 is 26.7. The molecule has 0 saturated heterocycles. The third-order valence-electron chi connectivity index (χ3n) is 2.64. The van der Waals surface area contributed by atoms with E-state index in [-0.39, 0.29) is 11.6 Å². The lowest BCUT2D eigenvalue weighted by Crippen LogP contribution is -2.14. The fourth-order valence-electron chi connectivity index (χ4n) is 1.59. The van der Waals surface area contributed by atoms with Crippen molar-refractivity contribution in [2.24, 2.45) is 0 Å². The summed E-state index contributed by atoms with van der Waals surface area (Å²) in [5, 5.41) is 8.70. The average molecular weight is 260 g/mol. The number of hydrogen-bond acceptors (Lipinski definition) is 4. The molecule has 0 fully saturated rings. The lowest BCUT2D eigenvalue weighted by molar-refractivity contribution is 0.577. The largest absolute Gasteiger partial charge is 0.381 e. The van der Waals surface area contributed by atoms with Gasteiger partial charge in [-0.2, -0.15) is 5.26 Å². The van der Waals surface area contributed by atoms with Crippen molar-refractivity contribution >= 4 is 17.3 Å². The van der Waals surface area contributed by atoms with Crippen molar-refractivity contribution in [1.82, 2.24) is 4.98 Å². The van der Waals surface area contributed by atoms with E-state index in [0.717, 1.165) is 0 Å². The quantitative estimate of drug-likeness (QED) is 0.901. The molecule has 2 N–H and O–H groups in total. The molecule has 0 bridgehead atoms. The van der Waals surface area contributed by atoms with Gasteiger partial charge in [0.1, 0.15) is 0 Å². The van der Waals surface area contributed by atoms with Gasteiger partial charge in [0.25, 0.3) is 0 Å². The van der Waals surface area contributed by atoms with Crippen molar-refractivity contribution in [3.8, 4) is 6.07 Å². The number of halogens is 2. The topological polar surface area (TPSA) is 65.9 Å². The van der Waals surface area contributed by atoms with Crippen LogP contribution in [-0.4, -0.2) is 12.0 Å². The van der Waals surface area contributed by atoms with E-state index in [4.69, 9.17) is 11.0 Å². The van der Waals surface area contributed by atoms with Gasteiger partial charge in [-0.3, -0.25) is 0 Å². The zero-order chi connectivity index (χ0) is 14.0.